The van der Waals surface area contributed by atoms with Crippen molar-refractivity contribution in [1.82, 2.24) is 4.98 Å². The SMILES string of the molecule is COc1ccc(C(=O)Nc2ccc(Br)cc2C(=O)O)cn1. The van der Waals surface area contributed by atoms with Crippen molar-refractivity contribution in [2.24, 2.45) is 0 Å². The average molecular weight is 351 g/mol. The zero-order valence-corrected chi connectivity index (χ0v) is 12.5. The fourth-order valence-corrected chi connectivity index (χ4v) is 1.99. The van der Waals surface area contributed by atoms with Gasteiger partial charge in [-0.2, -0.15) is 0 Å². The topological polar surface area (TPSA) is 88.5 Å². The lowest BCUT2D eigenvalue weighted by Crippen LogP contribution is -2.15. The van der Waals surface area contributed by atoms with E-state index in [1.807, 2.05) is 0 Å². The maximum Gasteiger partial charge on any atom is 0.337 e. The molecule has 0 aliphatic heterocycles. The number of hydrogen-bond acceptors (Lipinski definition) is 4. The third-order valence-corrected chi connectivity index (χ3v) is 3.16. The van der Waals surface area contributed by atoms with Crippen LogP contribution < -0.4 is 10.1 Å². The van der Waals surface area contributed by atoms with Gasteiger partial charge in [-0.3, -0.25) is 4.79 Å². The minimum absolute atomic E-state index is 0.000745. The van der Waals surface area contributed by atoms with Gasteiger partial charge in [0, 0.05) is 16.7 Å². The average Bonchev–Trinajstić information content (AvgIpc) is 2.49. The number of methoxy groups -OCH3 is 1. The molecule has 0 unspecified atom stereocenters. The van der Waals surface area contributed by atoms with Crippen LogP contribution in [0.25, 0.3) is 0 Å². The zero-order chi connectivity index (χ0) is 15.4. The van der Waals surface area contributed by atoms with Gasteiger partial charge < -0.3 is 15.2 Å². The molecule has 1 aromatic carbocycles. The number of carbonyl (C=O) groups excluding carboxylic acids is 1. The smallest absolute Gasteiger partial charge is 0.337 e. The molecule has 0 bridgehead atoms. The molecule has 0 fully saturated rings. The van der Waals surface area contributed by atoms with E-state index in [-0.39, 0.29) is 11.3 Å². The van der Waals surface area contributed by atoms with Gasteiger partial charge >= 0.3 is 5.97 Å². The molecule has 108 valence electrons. The number of carboxylic acids is 1. The Morgan fingerprint density at radius 1 is 1.29 bits per heavy atom. The van der Waals surface area contributed by atoms with E-state index in [4.69, 9.17) is 9.84 Å². The van der Waals surface area contributed by atoms with Crippen LogP contribution in [-0.2, 0) is 0 Å². The van der Waals surface area contributed by atoms with Crippen LogP contribution in [0.4, 0.5) is 5.69 Å². The van der Waals surface area contributed by atoms with Gasteiger partial charge in [-0.25, -0.2) is 9.78 Å². The summed E-state index contributed by atoms with van der Waals surface area (Å²) in [6.07, 6.45) is 1.35. The van der Waals surface area contributed by atoms with Gasteiger partial charge in [-0.1, -0.05) is 15.9 Å². The number of hydrogen-bond donors (Lipinski definition) is 2. The molecule has 0 spiro atoms. The number of amides is 1. The van der Waals surface area contributed by atoms with Crippen LogP contribution in [-0.4, -0.2) is 29.1 Å². The van der Waals surface area contributed by atoms with Crippen LogP contribution in [0.2, 0.25) is 0 Å². The first kappa shape index (κ1) is 15.0. The second-order valence-electron chi connectivity index (χ2n) is 4.04. The van der Waals surface area contributed by atoms with Gasteiger partial charge in [-0.05, 0) is 24.3 Å². The van der Waals surface area contributed by atoms with Gasteiger partial charge in [0.05, 0.1) is 23.9 Å². The number of carboxylic acid groups (broad SMARTS) is 1. The summed E-state index contributed by atoms with van der Waals surface area (Å²) in [4.78, 5) is 27.2. The first-order valence-electron chi connectivity index (χ1n) is 5.85. The lowest BCUT2D eigenvalue weighted by atomic mass is 10.1. The fraction of sp³-hybridized carbons (Fsp3) is 0.0714. The van der Waals surface area contributed by atoms with E-state index in [9.17, 15) is 9.59 Å². The van der Waals surface area contributed by atoms with E-state index in [0.717, 1.165) is 0 Å². The Morgan fingerprint density at radius 2 is 2.05 bits per heavy atom. The molecule has 0 saturated heterocycles. The van der Waals surface area contributed by atoms with Crippen molar-refractivity contribution in [3.8, 4) is 5.88 Å². The number of aromatic nitrogens is 1. The van der Waals surface area contributed by atoms with Crippen LogP contribution >= 0.6 is 15.9 Å². The number of ether oxygens (including phenoxy) is 1. The van der Waals surface area contributed by atoms with Crippen molar-refractivity contribution in [2.45, 2.75) is 0 Å². The molecule has 6 nitrogen and oxygen atoms in total. The molecule has 1 amide bonds. The van der Waals surface area contributed by atoms with Crippen LogP contribution in [0.15, 0.2) is 41.0 Å². The number of rotatable bonds is 4. The van der Waals surface area contributed by atoms with Crippen molar-refractivity contribution in [3.63, 3.8) is 0 Å². The van der Waals surface area contributed by atoms with Gasteiger partial charge in [0.1, 0.15) is 0 Å². The second-order valence-corrected chi connectivity index (χ2v) is 4.95. The second kappa shape index (κ2) is 6.36. The predicted molar refractivity (Wildman–Crippen MR) is 79.8 cm³/mol. The van der Waals surface area contributed by atoms with E-state index in [1.165, 1.54) is 25.4 Å². The van der Waals surface area contributed by atoms with Gasteiger partial charge in [0.25, 0.3) is 5.91 Å². The number of anilines is 1. The number of aromatic carboxylic acids is 1. The first-order valence-corrected chi connectivity index (χ1v) is 6.65. The summed E-state index contributed by atoms with van der Waals surface area (Å²) in [5.74, 6) is -1.18. The maximum absolute atomic E-state index is 12.1. The molecule has 1 heterocycles. The summed E-state index contributed by atoms with van der Waals surface area (Å²) in [6, 6.07) is 7.68. The molecular weight excluding hydrogens is 340 g/mol. The highest BCUT2D eigenvalue weighted by Gasteiger charge is 2.14. The third-order valence-electron chi connectivity index (χ3n) is 2.67. The standard InChI is InChI=1S/C14H11BrN2O4/c1-21-12-5-2-8(7-16-12)13(18)17-11-4-3-9(15)6-10(11)14(19)20/h2-7H,1H3,(H,17,18)(H,19,20). The highest BCUT2D eigenvalue weighted by Crippen LogP contribution is 2.22. The minimum atomic E-state index is -1.13. The zero-order valence-electron chi connectivity index (χ0n) is 11.0. The van der Waals surface area contributed by atoms with Crippen molar-refractivity contribution in [3.05, 3.63) is 52.1 Å². The van der Waals surface area contributed by atoms with Gasteiger partial charge in [-0.15, -0.1) is 0 Å². The molecule has 1 aromatic heterocycles. The van der Waals surface area contributed by atoms with E-state index in [0.29, 0.717) is 15.9 Å². The fourth-order valence-electron chi connectivity index (χ4n) is 1.63. The van der Waals surface area contributed by atoms with E-state index in [2.05, 4.69) is 26.2 Å². The summed E-state index contributed by atoms with van der Waals surface area (Å²) in [7, 11) is 1.48. The first-order chi connectivity index (χ1) is 10.0. The largest absolute Gasteiger partial charge is 0.481 e. The van der Waals surface area contributed by atoms with E-state index in [1.54, 1.807) is 18.2 Å². The molecule has 2 aromatic rings. The Morgan fingerprint density at radius 3 is 2.62 bits per heavy atom. The number of halogens is 1. The number of nitrogens with zero attached hydrogens (tertiary/aromatic N) is 1. The summed E-state index contributed by atoms with van der Waals surface area (Å²) in [6.45, 7) is 0. The number of nitrogens with one attached hydrogen (secondary N) is 1. The molecule has 0 atom stereocenters. The van der Waals surface area contributed by atoms with Gasteiger partial charge in [0.2, 0.25) is 5.88 Å². The highest BCUT2D eigenvalue weighted by atomic mass is 79.9. The van der Waals surface area contributed by atoms with Crippen molar-refractivity contribution >= 4 is 33.5 Å². The highest BCUT2D eigenvalue weighted by molar-refractivity contribution is 9.10. The summed E-state index contributed by atoms with van der Waals surface area (Å²) in [5, 5.41) is 11.7. The molecule has 0 radical (unpaired) electrons. The normalized spacial score (nSPS) is 10.0. The Hall–Kier alpha value is -2.41. The third kappa shape index (κ3) is 3.57. The summed E-state index contributed by atoms with van der Waals surface area (Å²) >= 11 is 3.19. The van der Waals surface area contributed by atoms with Crippen LogP contribution in [0.1, 0.15) is 20.7 Å². The molecule has 7 heteroatoms. The van der Waals surface area contributed by atoms with Gasteiger partial charge in [0.15, 0.2) is 0 Å². The predicted octanol–water partition coefficient (Wildman–Crippen LogP) is 2.80. The molecule has 2 N–H and O–H groups in total. The molecular formula is C14H11BrN2O4. The molecule has 0 aliphatic carbocycles. The lowest BCUT2D eigenvalue weighted by molar-refractivity contribution is 0.0698. The minimum Gasteiger partial charge on any atom is -0.481 e. The van der Waals surface area contributed by atoms with E-state index >= 15 is 0 Å². The Kier molecular flexibility index (Phi) is 4.54. The molecule has 21 heavy (non-hydrogen) atoms. The van der Waals surface area contributed by atoms with Crippen molar-refractivity contribution in [1.29, 1.82) is 0 Å². The van der Waals surface area contributed by atoms with Crippen molar-refractivity contribution in [2.75, 3.05) is 12.4 Å². The molecule has 2 rings (SSSR count). The monoisotopic (exact) mass is 350 g/mol. The summed E-state index contributed by atoms with van der Waals surface area (Å²) in [5.41, 5.74) is 0.515. The quantitative estimate of drug-likeness (QED) is 0.884. The van der Waals surface area contributed by atoms with Crippen LogP contribution in [0, 0.1) is 0 Å². The number of pyridine rings is 1. The Bertz CT molecular complexity index is 686. The lowest BCUT2D eigenvalue weighted by Gasteiger charge is -2.09. The number of carbonyl (C=O) groups is 2. The van der Waals surface area contributed by atoms with Crippen LogP contribution in [0.5, 0.6) is 5.88 Å². The molecule has 0 saturated carbocycles. The summed E-state index contributed by atoms with van der Waals surface area (Å²) < 4.78 is 5.52. The Labute approximate surface area is 128 Å². The van der Waals surface area contributed by atoms with Crippen LogP contribution in [0.3, 0.4) is 0 Å². The molecule has 0 aliphatic rings. The maximum atomic E-state index is 12.1. The van der Waals surface area contributed by atoms with Crippen molar-refractivity contribution < 1.29 is 19.4 Å². The van der Waals surface area contributed by atoms with E-state index < -0.39 is 11.9 Å². The number of benzene rings is 1. The Balaban J connectivity index is 2.24.